The monoisotopic (exact) mass is 287 g/mol. The van der Waals surface area contributed by atoms with Crippen LogP contribution in [0.5, 0.6) is 11.5 Å². The van der Waals surface area contributed by atoms with E-state index in [2.05, 4.69) is 0 Å². The Balaban J connectivity index is 1.80. The molecular weight excluding hydrogens is 269 g/mol. The molecule has 0 aromatic heterocycles. The lowest BCUT2D eigenvalue weighted by Crippen LogP contribution is -2.32. The minimum Gasteiger partial charge on any atom is -0.494 e. The Kier molecular flexibility index (Phi) is 3.80. The molecule has 4 heteroatoms. The molecule has 1 heterocycles. The summed E-state index contributed by atoms with van der Waals surface area (Å²) < 4.78 is 24.9. The van der Waals surface area contributed by atoms with Crippen LogP contribution in [0.1, 0.15) is 17.0 Å². The highest BCUT2D eigenvalue weighted by molar-refractivity contribution is 5.41. The Morgan fingerprint density at radius 1 is 1.29 bits per heavy atom. The maximum atomic E-state index is 14.2. The number of ether oxygens (including phenoxy) is 2. The van der Waals surface area contributed by atoms with Gasteiger partial charge in [-0.3, -0.25) is 0 Å². The first kappa shape index (κ1) is 13.9. The Hall–Kier alpha value is -2.07. The molecule has 1 aliphatic rings. The fraction of sp³-hybridized carbons (Fsp3) is 0.294. The average molecular weight is 287 g/mol. The summed E-state index contributed by atoms with van der Waals surface area (Å²) in [5.74, 6) is 0.890. The number of halogens is 1. The van der Waals surface area contributed by atoms with Crippen molar-refractivity contribution in [2.24, 2.45) is 5.73 Å². The molecule has 0 fully saturated rings. The molecule has 0 amide bonds. The summed E-state index contributed by atoms with van der Waals surface area (Å²) in [7, 11) is 1.46. The van der Waals surface area contributed by atoms with E-state index in [0.29, 0.717) is 18.6 Å². The van der Waals surface area contributed by atoms with E-state index in [0.717, 1.165) is 11.3 Å². The first-order valence-corrected chi connectivity index (χ1v) is 6.99. The van der Waals surface area contributed by atoms with Crippen molar-refractivity contribution in [2.75, 3.05) is 13.7 Å². The molecule has 2 atom stereocenters. The van der Waals surface area contributed by atoms with Gasteiger partial charge in [0.05, 0.1) is 13.7 Å². The average Bonchev–Trinajstić information content (AvgIpc) is 2.93. The van der Waals surface area contributed by atoms with Gasteiger partial charge in [0, 0.05) is 17.5 Å². The highest BCUT2D eigenvalue weighted by Crippen LogP contribution is 2.36. The smallest absolute Gasteiger partial charge is 0.168 e. The van der Waals surface area contributed by atoms with Gasteiger partial charge < -0.3 is 15.2 Å². The minimum atomic E-state index is -0.331. The van der Waals surface area contributed by atoms with Crippen LogP contribution in [0.3, 0.4) is 0 Å². The van der Waals surface area contributed by atoms with Crippen molar-refractivity contribution in [3.8, 4) is 11.5 Å². The third kappa shape index (κ3) is 2.59. The van der Waals surface area contributed by atoms with Gasteiger partial charge in [0.15, 0.2) is 11.6 Å². The molecule has 1 aliphatic heterocycles. The van der Waals surface area contributed by atoms with E-state index in [1.807, 2.05) is 24.3 Å². The van der Waals surface area contributed by atoms with Crippen LogP contribution in [-0.2, 0) is 6.42 Å². The molecule has 0 spiro atoms. The lowest BCUT2D eigenvalue weighted by Gasteiger charge is -2.19. The number of rotatable bonds is 4. The number of benzene rings is 2. The van der Waals surface area contributed by atoms with Crippen LogP contribution in [0.2, 0.25) is 0 Å². The third-order valence-corrected chi connectivity index (χ3v) is 3.97. The Labute approximate surface area is 123 Å². The summed E-state index contributed by atoms with van der Waals surface area (Å²) in [6.45, 7) is 0.548. The Morgan fingerprint density at radius 3 is 2.90 bits per heavy atom. The van der Waals surface area contributed by atoms with E-state index >= 15 is 0 Å². The van der Waals surface area contributed by atoms with E-state index in [1.165, 1.54) is 7.11 Å². The second-order valence-electron chi connectivity index (χ2n) is 5.26. The van der Waals surface area contributed by atoms with Crippen molar-refractivity contribution in [3.63, 3.8) is 0 Å². The van der Waals surface area contributed by atoms with Gasteiger partial charge in [0.1, 0.15) is 5.75 Å². The lowest BCUT2D eigenvalue weighted by atomic mass is 9.89. The SMILES string of the molecule is COc1cccc(CC(N)C2COc3ccccc32)c1F. The lowest BCUT2D eigenvalue weighted by molar-refractivity contribution is 0.312. The maximum absolute atomic E-state index is 14.2. The molecule has 2 aromatic rings. The zero-order valence-electron chi connectivity index (χ0n) is 11.9. The summed E-state index contributed by atoms with van der Waals surface area (Å²) >= 11 is 0. The van der Waals surface area contributed by atoms with Crippen LogP contribution >= 0.6 is 0 Å². The number of para-hydroxylation sites is 1. The second kappa shape index (κ2) is 5.74. The van der Waals surface area contributed by atoms with E-state index in [4.69, 9.17) is 15.2 Å². The van der Waals surface area contributed by atoms with Crippen molar-refractivity contribution in [3.05, 3.63) is 59.4 Å². The Morgan fingerprint density at radius 2 is 2.10 bits per heavy atom. The largest absolute Gasteiger partial charge is 0.494 e. The molecule has 2 N–H and O–H groups in total. The second-order valence-corrected chi connectivity index (χ2v) is 5.26. The summed E-state index contributed by atoms with van der Waals surface area (Å²) in [6.07, 6.45) is 0.450. The topological polar surface area (TPSA) is 44.5 Å². The van der Waals surface area contributed by atoms with Crippen molar-refractivity contribution < 1.29 is 13.9 Å². The van der Waals surface area contributed by atoms with E-state index < -0.39 is 0 Å². The van der Waals surface area contributed by atoms with Gasteiger partial charge in [-0.25, -0.2) is 4.39 Å². The molecule has 110 valence electrons. The van der Waals surface area contributed by atoms with Crippen molar-refractivity contribution in [1.29, 1.82) is 0 Å². The summed E-state index contributed by atoms with van der Waals surface area (Å²) in [5.41, 5.74) is 7.98. The molecule has 21 heavy (non-hydrogen) atoms. The maximum Gasteiger partial charge on any atom is 0.168 e. The standard InChI is InChI=1S/C17H18FNO2/c1-20-16-8-4-5-11(17(16)18)9-14(19)13-10-21-15-7-3-2-6-12(13)15/h2-8,13-14H,9-10,19H2,1H3. The van der Waals surface area contributed by atoms with Gasteiger partial charge in [0.2, 0.25) is 0 Å². The molecule has 0 saturated carbocycles. The number of hydrogen-bond donors (Lipinski definition) is 1. The zero-order valence-corrected chi connectivity index (χ0v) is 11.9. The summed E-state index contributed by atoms with van der Waals surface area (Å²) in [6, 6.07) is 12.8. The van der Waals surface area contributed by atoms with E-state index in [1.54, 1.807) is 18.2 Å². The fourth-order valence-electron chi connectivity index (χ4n) is 2.81. The van der Waals surface area contributed by atoms with Crippen molar-refractivity contribution in [2.45, 2.75) is 18.4 Å². The van der Waals surface area contributed by atoms with Crippen molar-refractivity contribution >= 4 is 0 Å². The third-order valence-electron chi connectivity index (χ3n) is 3.97. The summed E-state index contributed by atoms with van der Waals surface area (Å²) in [4.78, 5) is 0. The van der Waals surface area contributed by atoms with E-state index in [9.17, 15) is 4.39 Å². The molecule has 2 unspecified atom stereocenters. The fourth-order valence-corrected chi connectivity index (χ4v) is 2.81. The molecule has 0 saturated heterocycles. The molecular formula is C17H18FNO2. The van der Waals surface area contributed by atoms with Crippen LogP contribution in [-0.4, -0.2) is 19.8 Å². The molecule has 3 nitrogen and oxygen atoms in total. The normalized spacial score (nSPS) is 18.0. The number of hydrogen-bond acceptors (Lipinski definition) is 3. The molecule has 0 radical (unpaired) electrons. The van der Waals surface area contributed by atoms with Crippen LogP contribution in [0.15, 0.2) is 42.5 Å². The summed E-state index contributed by atoms with van der Waals surface area (Å²) in [5, 5.41) is 0. The quantitative estimate of drug-likeness (QED) is 0.940. The van der Waals surface area contributed by atoms with E-state index in [-0.39, 0.29) is 23.5 Å². The van der Waals surface area contributed by atoms with Gasteiger partial charge in [-0.05, 0) is 24.1 Å². The minimum absolute atomic E-state index is 0.0896. The van der Waals surface area contributed by atoms with Crippen molar-refractivity contribution in [1.82, 2.24) is 0 Å². The van der Waals surface area contributed by atoms with Crippen LogP contribution in [0, 0.1) is 5.82 Å². The Bertz CT molecular complexity index is 644. The molecule has 2 aromatic carbocycles. The predicted molar refractivity (Wildman–Crippen MR) is 79.3 cm³/mol. The highest BCUT2D eigenvalue weighted by atomic mass is 19.1. The van der Waals surface area contributed by atoms with Crippen LogP contribution in [0.25, 0.3) is 0 Å². The van der Waals surface area contributed by atoms with Crippen LogP contribution in [0.4, 0.5) is 4.39 Å². The zero-order chi connectivity index (χ0) is 14.8. The number of methoxy groups -OCH3 is 1. The van der Waals surface area contributed by atoms with Gasteiger partial charge in [0.25, 0.3) is 0 Å². The molecule has 3 rings (SSSR count). The van der Waals surface area contributed by atoms with Gasteiger partial charge in [-0.15, -0.1) is 0 Å². The van der Waals surface area contributed by atoms with Gasteiger partial charge in [-0.2, -0.15) is 0 Å². The first-order chi connectivity index (χ1) is 10.2. The predicted octanol–water partition coefficient (Wildman–Crippen LogP) is 2.88. The van der Waals surface area contributed by atoms with Gasteiger partial charge >= 0.3 is 0 Å². The molecule has 0 aliphatic carbocycles. The first-order valence-electron chi connectivity index (χ1n) is 6.99. The highest BCUT2D eigenvalue weighted by Gasteiger charge is 2.29. The molecule has 0 bridgehead atoms. The van der Waals surface area contributed by atoms with Crippen LogP contribution < -0.4 is 15.2 Å². The number of fused-ring (bicyclic) bond motifs is 1. The van der Waals surface area contributed by atoms with Gasteiger partial charge in [-0.1, -0.05) is 30.3 Å². The number of nitrogens with two attached hydrogens (primary N) is 1.